The van der Waals surface area contributed by atoms with Crippen LogP contribution >= 0.6 is 0 Å². The molecule has 3 aromatic rings. The Morgan fingerprint density at radius 2 is 1.84 bits per heavy atom. The predicted molar refractivity (Wildman–Crippen MR) is 73.4 cm³/mol. The molecule has 90 valence electrons. The van der Waals surface area contributed by atoms with Gasteiger partial charge in [0.2, 0.25) is 0 Å². The molecule has 3 nitrogen and oxygen atoms in total. The van der Waals surface area contributed by atoms with Crippen LogP contribution in [-0.4, -0.2) is 9.97 Å². The molecule has 0 aliphatic rings. The molecular formula is C16H11N3. The Bertz CT molecular complexity index is 739. The zero-order valence-electron chi connectivity index (χ0n) is 10.2. The van der Waals surface area contributed by atoms with Gasteiger partial charge in [0, 0.05) is 12.4 Å². The molecule has 0 spiro atoms. The van der Waals surface area contributed by atoms with E-state index in [-0.39, 0.29) is 5.92 Å². The first-order chi connectivity index (χ1) is 9.40. The highest BCUT2D eigenvalue weighted by atomic mass is 14.8. The van der Waals surface area contributed by atoms with E-state index in [1.807, 2.05) is 42.5 Å². The van der Waals surface area contributed by atoms with Crippen molar-refractivity contribution < 1.29 is 0 Å². The van der Waals surface area contributed by atoms with Gasteiger partial charge in [0.05, 0.1) is 18.0 Å². The molecular weight excluding hydrogens is 234 g/mol. The second-order valence-corrected chi connectivity index (χ2v) is 4.26. The summed E-state index contributed by atoms with van der Waals surface area (Å²) in [5, 5.41) is 11.7. The number of fused-ring (bicyclic) bond motifs is 1. The third-order valence-electron chi connectivity index (χ3n) is 3.14. The molecule has 3 rings (SSSR count). The molecule has 0 saturated carbocycles. The fourth-order valence-corrected chi connectivity index (χ4v) is 2.26. The summed E-state index contributed by atoms with van der Waals surface area (Å²) in [4.78, 5) is 8.29. The molecule has 0 saturated heterocycles. The predicted octanol–water partition coefficient (Wildman–Crippen LogP) is 3.29. The summed E-state index contributed by atoms with van der Waals surface area (Å²) in [6.45, 7) is 0. The fourth-order valence-electron chi connectivity index (χ4n) is 2.26. The lowest BCUT2D eigenvalue weighted by Gasteiger charge is -2.11. The third kappa shape index (κ3) is 2.04. The van der Waals surface area contributed by atoms with Crippen molar-refractivity contribution in [3.63, 3.8) is 0 Å². The van der Waals surface area contributed by atoms with Gasteiger partial charge < -0.3 is 0 Å². The van der Waals surface area contributed by atoms with E-state index in [9.17, 15) is 5.26 Å². The highest BCUT2D eigenvalue weighted by Crippen LogP contribution is 2.28. The highest BCUT2D eigenvalue weighted by molar-refractivity contribution is 5.86. The molecule has 1 atom stereocenters. The summed E-state index contributed by atoms with van der Waals surface area (Å²) in [5.74, 6) is -0.389. The van der Waals surface area contributed by atoms with Crippen LogP contribution in [0.4, 0.5) is 0 Å². The van der Waals surface area contributed by atoms with Crippen LogP contribution in [0, 0.1) is 11.3 Å². The average molecular weight is 245 g/mol. The zero-order valence-corrected chi connectivity index (χ0v) is 10.2. The second-order valence-electron chi connectivity index (χ2n) is 4.26. The standard InChI is InChI=1S/C16H11N3/c17-10-15(16-11-18-8-9-19-16)14-7-3-5-12-4-1-2-6-13(12)14/h1-9,11,15H. The van der Waals surface area contributed by atoms with Crippen LogP contribution in [0.3, 0.4) is 0 Å². The lowest BCUT2D eigenvalue weighted by Crippen LogP contribution is -2.02. The van der Waals surface area contributed by atoms with E-state index < -0.39 is 0 Å². The van der Waals surface area contributed by atoms with E-state index in [1.54, 1.807) is 18.6 Å². The number of nitrogens with zero attached hydrogens (tertiary/aromatic N) is 3. The minimum Gasteiger partial charge on any atom is -0.261 e. The summed E-state index contributed by atoms with van der Waals surface area (Å²) in [6, 6.07) is 16.4. The molecule has 1 unspecified atom stereocenters. The van der Waals surface area contributed by atoms with Crippen LogP contribution < -0.4 is 0 Å². The average Bonchev–Trinajstić information content (AvgIpc) is 2.49. The Balaban J connectivity index is 2.21. The molecule has 0 bridgehead atoms. The smallest absolute Gasteiger partial charge is 0.115 e. The topological polar surface area (TPSA) is 49.6 Å². The van der Waals surface area contributed by atoms with E-state index in [2.05, 4.69) is 16.0 Å². The van der Waals surface area contributed by atoms with Crippen molar-refractivity contribution in [2.45, 2.75) is 5.92 Å². The number of benzene rings is 2. The number of nitriles is 1. The van der Waals surface area contributed by atoms with Gasteiger partial charge in [-0.05, 0) is 16.3 Å². The van der Waals surface area contributed by atoms with Crippen molar-refractivity contribution in [1.29, 1.82) is 5.26 Å². The van der Waals surface area contributed by atoms with Crippen LogP contribution in [-0.2, 0) is 0 Å². The highest BCUT2D eigenvalue weighted by Gasteiger charge is 2.17. The lowest BCUT2D eigenvalue weighted by atomic mass is 9.92. The minimum absolute atomic E-state index is 0.389. The molecule has 0 N–H and O–H groups in total. The first kappa shape index (κ1) is 11.4. The second kappa shape index (κ2) is 4.87. The maximum atomic E-state index is 9.47. The van der Waals surface area contributed by atoms with Crippen LogP contribution in [0.15, 0.2) is 61.1 Å². The SMILES string of the molecule is N#CC(c1cnccn1)c1cccc2ccccc12. The number of rotatable bonds is 2. The van der Waals surface area contributed by atoms with Gasteiger partial charge in [-0.25, -0.2) is 0 Å². The van der Waals surface area contributed by atoms with Crippen molar-refractivity contribution >= 4 is 10.8 Å². The molecule has 1 aromatic heterocycles. The largest absolute Gasteiger partial charge is 0.261 e. The molecule has 0 amide bonds. The fraction of sp³-hybridized carbons (Fsp3) is 0.0625. The van der Waals surface area contributed by atoms with Gasteiger partial charge >= 0.3 is 0 Å². The van der Waals surface area contributed by atoms with E-state index in [0.717, 1.165) is 16.3 Å². The third-order valence-corrected chi connectivity index (χ3v) is 3.14. The van der Waals surface area contributed by atoms with Crippen molar-refractivity contribution in [2.24, 2.45) is 0 Å². The maximum Gasteiger partial charge on any atom is 0.115 e. The summed E-state index contributed by atoms with van der Waals surface area (Å²) < 4.78 is 0. The maximum absolute atomic E-state index is 9.47. The van der Waals surface area contributed by atoms with E-state index in [0.29, 0.717) is 5.69 Å². The Morgan fingerprint density at radius 1 is 1.00 bits per heavy atom. The van der Waals surface area contributed by atoms with Crippen molar-refractivity contribution in [3.05, 3.63) is 72.3 Å². The monoisotopic (exact) mass is 245 g/mol. The van der Waals surface area contributed by atoms with Crippen LogP contribution in [0.2, 0.25) is 0 Å². The van der Waals surface area contributed by atoms with Gasteiger partial charge in [-0.3, -0.25) is 9.97 Å². The number of hydrogen-bond donors (Lipinski definition) is 0. The van der Waals surface area contributed by atoms with E-state index in [1.165, 1.54) is 0 Å². The van der Waals surface area contributed by atoms with Crippen molar-refractivity contribution in [1.82, 2.24) is 9.97 Å². The van der Waals surface area contributed by atoms with Gasteiger partial charge in [-0.1, -0.05) is 42.5 Å². The molecule has 0 radical (unpaired) electrons. The van der Waals surface area contributed by atoms with Gasteiger partial charge in [0.1, 0.15) is 5.92 Å². The number of hydrogen-bond acceptors (Lipinski definition) is 3. The van der Waals surface area contributed by atoms with E-state index >= 15 is 0 Å². The summed E-state index contributed by atoms with van der Waals surface area (Å²) in [5.41, 5.74) is 1.66. The molecule has 1 heterocycles. The molecule has 19 heavy (non-hydrogen) atoms. The Labute approximate surface area is 111 Å². The molecule has 2 aromatic carbocycles. The van der Waals surface area contributed by atoms with Crippen LogP contribution in [0.1, 0.15) is 17.2 Å². The van der Waals surface area contributed by atoms with Gasteiger partial charge in [0.15, 0.2) is 0 Å². The molecule has 3 heteroatoms. The first-order valence-electron chi connectivity index (χ1n) is 6.03. The first-order valence-corrected chi connectivity index (χ1v) is 6.03. The summed E-state index contributed by atoms with van der Waals surface area (Å²) in [7, 11) is 0. The van der Waals surface area contributed by atoms with Gasteiger partial charge in [-0.2, -0.15) is 5.26 Å². The minimum atomic E-state index is -0.389. The number of aromatic nitrogens is 2. The van der Waals surface area contributed by atoms with Crippen molar-refractivity contribution in [3.8, 4) is 6.07 Å². The zero-order chi connectivity index (χ0) is 13.1. The van der Waals surface area contributed by atoms with Gasteiger partial charge in [0.25, 0.3) is 0 Å². The van der Waals surface area contributed by atoms with Crippen molar-refractivity contribution in [2.75, 3.05) is 0 Å². The lowest BCUT2D eigenvalue weighted by molar-refractivity contribution is 0.950. The normalized spacial score (nSPS) is 11.9. The Hall–Kier alpha value is -2.73. The Kier molecular flexibility index (Phi) is 2.91. The van der Waals surface area contributed by atoms with Crippen LogP contribution in [0.25, 0.3) is 10.8 Å². The molecule has 0 aliphatic carbocycles. The van der Waals surface area contributed by atoms with Gasteiger partial charge in [-0.15, -0.1) is 0 Å². The molecule has 0 fully saturated rings. The Morgan fingerprint density at radius 3 is 2.63 bits per heavy atom. The van der Waals surface area contributed by atoms with E-state index in [4.69, 9.17) is 0 Å². The molecule has 0 aliphatic heterocycles. The van der Waals surface area contributed by atoms with Crippen LogP contribution in [0.5, 0.6) is 0 Å². The summed E-state index contributed by atoms with van der Waals surface area (Å²) in [6.07, 6.45) is 4.88. The summed E-state index contributed by atoms with van der Waals surface area (Å²) >= 11 is 0. The quantitative estimate of drug-likeness (QED) is 0.696.